The highest BCUT2D eigenvalue weighted by atomic mass is 127. The van der Waals surface area contributed by atoms with Crippen molar-refractivity contribution in [1.82, 2.24) is 5.32 Å². The third kappa shape index (κ3) is 3.77. The van der Waals surface area contributed by atoms with E-state index < -0.39 is 5.97 Å². The lowest BCUT2D eigenvalue weighted by molar-refractivity contribution is -0.150. The molecule has 3 nitrogen and oxygen atoms in total. The fourth-order valence-electron chi connectivity index (χ4n) is 3.38. The predicted molar refractivity (Wildman–Crippen MR) is 93.1 cm³/mol. The van der Waals surface area contributed by atoms with Crippen molar-refractivity contribution in [3.05, 3.63) is 33.4 Å². The quantitative estimate of drug-likeness (QED) is 0.753. The second kappa shape index (κ2) is 6.65. The number of carboxylic acid groups (broad SMARTS) is 1. The molecule has 0 aliphatic heterocycles. The summed E-state index contributed by atoms with van der Waals surface area (Å²) in [5.74, 6) is -0.539. The molecule has 2 rings (SSSR count). The van der Waals surface area contributed by atoms with Gasteiger partial charge < -0.3 is 10.4 Å². The zero-order valence-electron chi connectivity index (χ0n) is 12.9. The van der Waals surface area contributed by atoms with E-state index in [2.05, 4.69) is 72.9 Å². The summed E-state index contributed by atoms with van der Waals surface area (Å²) < 4.78 is 1.24. The highest BCUT2D eigenvalue weighted by molar-refractivity contribution is 14.1. The van der Waals surface area contributed by atoms with Crippen LogP contribution in [-0.4, -0.2) is 17.1 Å². The molecule has 0 aromatic heterocycles. The maximum atomic E-state index is 11.4. The van der Waals surface area contributed by atoms with Crippen molar-refractivity contribution >= 4 is 28.6 Å². The molecule has 0 radical (unpaired) electrons. The van der Waals surface area contributed by atoms with Crippen molar-refractivity contribution in [2.24, 2.45) is 17.3 Å². The molecule has 0 saturated heterocycles. The number of hydrogen-bond acceptors (Lipinski definition) is 2. The van der Waals surface area contributed by atoms with E-state index in [0.29, 0.717) is 12.0 Å². The molecule has 1 aliphatic rings. The molecule has 3 atom stereocenters. The Balaban J connectivity index is 1.99. The van der Waals surface area contributed by atoms with E-state index in [1.165, 1.54) is 9.13 Å². The maximum Gasteiger partial charge on any atom is 0.307 e. The van der Waals surface area contributed by atoms with Crippen LogP contribution in [0.25, 0.3) is 0 Å². The number of halogens is 1. The average molecular weight is 401 g/mol. The Kier molecular flexibility index (Phi) is 5.30. The van der Waals surface area contributed by atoms with Crippen LogP contribution in [-0.2, 0) is 11.3 Å². The minimum Gasteiger partial charge on any atom is -0.481 e. The van der Waals surface area contributed by atoms with Gasteiger partial charge in [-0.15, -0.1) is 0 Å². The zero-order chi connectivity index (χ0) is 15.6. The molecular formula is C17H24INO2. The molecule has 4 heteroatoms. The summed E-state index contributed by atoms with van der Waals surface area (Å²) in [6, 6.07) is 8.91. The Hall–Kier alpha value is -0.620. The molecular weight excluding hydrogens is 377 g/mol. The van der Waals surface area contributed by atoms with Gasteiger partial charge in [-0.25, -0.2) is 0 Å². The number of carbonyl (C=O) groups is 1. The number of benzene rings is 1. The summed E-state index contributed by atoms with van der Waals surface area (Å²) in [6.45, 7) is 7.21. The highest BCUT2D eigenvalue weighted by Gasteiger charge is 2.45. The van der Waals surface area contributed by atoms with Crippen molar-refractivity contribution in [3.8, 4) is 0 Å². The topological polar surface area (TPSA) is 49.3 Å². The monoisotopic (exact) mass is 401 g/mol. The summed E-state index contributed by atoms with van der Waals surface area (Å²) in [7, 11) is 0. The normalized spacial score (nSPS) is 28.3. The molecule has 0 amide bonds. The lowest BCUT2D eigenvalue weighted by atomic mass is 9.61. The van der Waals surface area contributed by atoms with Gasteiger partial charge in [-0.1, -0.05) is 32.9 Å². The van der Waals surface area contributed by atoms with E-state index in [-0.39, 0.29) is 11.3 Å². The molecule has 0 bridgehead atoms. The van der Waals surface area contributed by atoms with Crippen molar-refractivity contribution in [3.63, 3.8) is 0 Å². The van der Waals surface area contributed by atoms with E-state index in [1.807, 2.05) is 0 Å². The average Bonchev–Trinajstić information content (AvgIpc) is 2.42. The first-order valence-corrected chi connectivity index (χ1v) is 8.61. The van der Waals surface area contributed by atoms with Gasteiger partial charge in [0.15, 0.2) is 0 Å². The Morgan fingerprint density at radius 3 is 2.52 bits per heavy atom. The van der Waals surface area contributed by atoms with Crippen LogP contribution in [0.15, 0.2) is 24.3 Å². The number of hydrogen-bond donors (Lipinski definition) is 2. The molecule has 0 heterocycles. The van der Waals surface area contributed by atoms with Gasteiger partial charge in [0.25, 0.3) is 0 Å². The summed E-state index contributed by atoms with van der Waals surface area (Å²) in [6.07, 6.45) is 1.70. The van der Waals surface area contributed by atoms with Gasteiger partial charge in [0.05, 0.1) is 5.92 Å². The van der Waals surface area contributed by atoms with Gasteiger partial charge in [0.2, 0.25) is 0 Å². The van der Waals surface area contributed by atoms with Crippen LogP contribution < -0.4 is 5.32 Å². The van der Waals surface area contributed by atoms with E-state index >= 15 is 0 Å². The van der Waals surface area contributed by atoms with Crippen molar-refractivity contribution in [2.75, 3.05) is 0 Å². The van der Waals surface area contributed by atoms with Crippen LogP contribution in [0.3, 0.4) is 0 Å². The molecule has 0 spiro atoms. The molecule has 1 aromatic carbocycles. The Labute approximate surface area is 140 Å². The number of rotatable bonds is 4. The van der Waals surface area contributed by atoms with Crippen LogP contribution in [0, 0.1) is 20.8 Å². The lowest BCUT2D eigenvalue weighted by Gasteiger charge is -2.46. The zero-order valence-corrected chi connectivity index (χ0v) is 15.1. The second-order valence-electron chi connectivity index (χ2n) is 6.69. The lowest BCUT2D eigenvalue weighted by Crippen LogP contribution is -2.50. The Bertz CT molecular complexity index is 498. The van der Waals surface area contributed by atoms with E-state index in [9.17, 15) is 9.90 Å². The van der Waals surface area contributed by atoms with Gasteiger partial charge >= 0.3 is 5.97 Å². The first kappa shape index (κ1) is 16.7. The summed E-state index contributed by atoms with van der Waals surface area (Å²) >= 11 is 2.31. The van der Waals surface area contributed by atoms with Crippen molar-refractivity contribution in [2.45, 2.75) is 46.2 Å². The standard InChI is InChI=1S/C17H24INO2/c1-11-15(9-8-14(16(20)21)17(11,2)3)19-10-12-4-6-13(18)7-5-12/h4-7,11,14-15,19H,8-10H2,1-3H3,(H,20,21). The molecule has 1 aliphatic carbocycles. The minimum absolute atomic E-state index is 0.173. The number of nitrogens with one attached hydrogen (secondary N) is 1. The molecule has 1 aromatic rings. The van der Waals surface area contributed by atoms with Gasteiger partial charge in [-0.05, 0) is 64.5 Å². The van der Waals surface area contributed by atoms with Crippen LogP contribution in [0.2, 0.25) is 0 Å². The fourth-order valence-corrected chi connectivity index (χ4v) is 3.74. The highest BCUT2D eigenvalue weighted by Crippen LogP contribution is 2.45. The van der Waals surface area contributed by atoms with Crippen LogP contribution in [0.5, 0.6) is 0 Å². The summed E-state index contributed by atoms with van der Waals surface area (Å²) in [5, 5.41) is 13.0. The van der Waals surface area contributed by atoms with Crippen LogP contribution in [0.1, 0.15) is 39.2 Å². The first-order chi connectivity index (χ1) is 9.82. The summed E-state index contributed by atoms with van der Waals surface area (Å²) in [5.41, 5.74) is 1.11. The van der Waals surface area contributed by atoms with Crippen molar-refractivity contribution in [1.29, 1.82) is 0 Å². The predicted octanol–water partition coefficient (Wildman–Crippen LogP) is 3.91. The maximum absolute atomic E-state index is 11.4. The Morgan fingerprint density at radius 2 is 1.95 bits per heavy atom. The van der Waals surface area contributed by atoms with E-state index in [1.54, 1.807) is 0 Å². The van der Waals surface area contributed by atoms with E-state index in [4.69, 9.17) is 0 Å². The molecule has 1 saturated carbocycles. The van der Waals surface area contributed by atoms with Crippen LogP contribution >= 0.6 is 22.6 Å². The molecule has 1 fully saturated rings. The number of aliphatic carboxylic acids is 1. The molecule has 3 unspecified atom stereocenters. The van der Waals surface area contributed by atoms with Gasteiger partial charge in [0.1, 0.15) is 0 Å². The first-order valence-electron chi connectivity index (χ1n) is 7.53. The third-order valence-corrected chi connectivity index (χ3v) is 5.94. The minimum atomic E-state index is -0.650. The molecule has 21 heavy (non-hydrogen) atoms. The van der Waals surface area contributed by atoms with Gasteiger partial charge in [0, 0.05) is 16.2 Å². The van der Waals surface area contributed by atoms with E-state index in [0.717, 1.165) is 19.4 Å². The smallest absolute Gasteiger partial charge is 0.307 e. The second-order valence-corrected chi connectivity index (χ2v) is 7.94. The third-order valence-electron chi connectivity index (χ3n) is 5.22. The summed E-state index contributed by atoms with van der Waals surface area (Å²) in [4.78, 5) is 11.4. The number of carboxylic acids is 1. The molecule has 2 N–H and O–H groups in total. The Morgan fingerprint density at radius 1 is 1.33 bits per heavy atom. The van der Waals surface area contributed by atoms with Crippen LogP contribution in [0.4, 0.5) is 0 Å². The van der Waals surface area contributed by atoms with Gasteiger partial charge in [-0.3, -0.25) is 4.79 Å². The van der Waals surface area contributed by atoms with Crippen molar-refractivity contribution < 1.29 is 9.90 Å². The SMILES string of the molecule is CC1C(NCc2ccc(I)cc2)CCC(C(=O)O)C1(C)C. The largest absolute Gasteiger partial charge is 0.481 e. The van der Waals surface area contributed by atoms with Gasteiger partial charge in [-0.2, -0.15) is 0 Å². The molecule has 116 valence electrons. The fraction of sp³-hybridized carbons (Fsp3) is 0.588.